The fourth-order valence-electron chi connectivity index (χ4n) is 1.25. The SMILES string of the molecule is CC(C#N)S(=O)(=O)N(C)c1ccc(Br)cc1N. The summed E-state index contributed by atoms with van der Waals surface area (Å²) < 4.78 is 25.7. The topological polar surface area (TPSA) is 87.2 Å². The Morgan fingerprint density at radius 1 is 1.53 bits per heavy atom. The molecule has 2 N–H and O–H groups in total. The lowest BCUT2D eigenvalue weighted by Crippen LogP contribution is -2.34. The maximum absolute atomic E-state index is 11.9. The molecule has 0 radical (unpaired) electrons. The normalized spacial score (nSPS) is 12.8. The molecule has 1 aromatic rings. The number of halogens is 1. The third-order valence-corrected chi connectivity index (χ3v) is 4.79. The first-order chi connectivity index (χ1) is 7.80. The molecule has 7 heteroatoms. The van der Waals surface area contributed by atoms with Gasteiger partial charge in [-0.2, -0.15) is 5.26 Å². The number of nitrogens with two attached hydrogens (primary N) is 1. The first-order valence-corrected chi connectivity index (χ1v) is 7.02. The van der Waals surface area contributed by atoms with Gasteiger partial charge < -0.3 is 5.73 Å². The lowest BCUT2D eigenvalue weighted by molar-refractivity contribution is 0.590. The van der Waals surface area contributed by atoms with Crippen LogP contribution in [0.3, 0.4) is 0 Å². The van der Waals surface area contributed by atoms with Gasteiger partial charge in [-0.15, -0.1) is 0 Å². The van der Waals surface area contributed by atoms with Crippen molar-refractivity contribution in [3.63, 3.8) is 0 Å². The number of benzene rings is 1. The third-order valence-electron chi connectivity index (χ3n) is 2.34. The molecule has 0 aliphatic heterocycles. The van der Waals surface area contributed by atoms with Crippen molar-refractivity contribution in [1.82, 2.24) is 0 Å². The molecule has 5 nitrogen and oxygen atoms in total. The molecule has 0 aliphatic rings. The Morgan fingerprint density at radius 2 is 2.12 bits per heavy atom. The van der Waals surface area contributed by atoms with Crippen molar-refractivity contribution in [2.45, 2.75) is 12.2 Å². The number of nitriles is 1. The Balaban J connectivity index is 3.23. The Morgan fingerprint density at radius 3 is 2.59 bits per heavy atom. The van der Waals surface area contributed by atoms with E-state index in [0.29, 0.717) is 11.4 Å². The molecular formula is C10H12BrN3O2S. The highest BCUT2D eigenvalue weighted by Gasteiger charge is 2.27. The molecular weight excluding hydrogens is 306 g/mol. The summed E-state index contributed by atoms with van der Waals surface area (Å²) in [5.41, 5.74) is 6.43. The van der Waals surface area contributed by atoms with Crippen molar-refractivity contribution in [3.05, 3.63) is 22.7 Å². The van der Waals surface area contributed by atoms with E-state index in [2.05, 4.69) is 15.9 Å². The molecule has 92 valence electrons. The largest absolute Gasteiger partial charge is 0.397 e. The fourth-order valence-corrected chi connectivity index (χ4v) is 2.68. The van der Waals surface area contributed by atoms with Crippen molar-refractivity contribution < 1.29 is 8.42 Å². The minimum Gasteiger partial charge on any atom is -0.397 e. The van der Waals surface area contributed by atoms with E-state index in [4.69, 9.17) is 11.0 Å². The number of nitrogen functional groups attached to an aromatic ring is 1. The summed E-state index contributed by atoms with van der Waals surface area (Å²) in [5, 5.41) is 7.57. The molecule has 0 saturated carbocycles. The lowest BCUT2D eigenvalue weighted by Gasteiger charge is -2.22. The van der Waals surface area contributed by atoms with Gasteiger partial charge in [0.05, 0.1) is 17.4 Å². The predicted molar refractivity (Wildman–Crippen MR) is 71.0 cm³/mol. The smallest absolute Gasteiger partial charge is 0.251 e. The molecule has 0 amide bonds. The summed E-state index contributed by atoms with van der Waals surface area (Å²) in [6.45, 7) is 1.33. The first kappa shape index (κ1) is 13.8. The zero-order valence-corrected chi connectivity index (χ0v) is 11.8. The maximum Gasteiger partial charge on any atom is 0.251 e. The van der Waals surface area contributed by atoms with E-state index in [-0.39, 0.29) is 0 Å². The second kappa shape index (κ2) is 4.94. The number of nitrogens with zero attached hydrogens (tertiary/aromatic N) is 2. The van der Waals surface area contributed by atoms with Gasteiger partial charge >= 0.3 is 0 Å². The third kappa shape index (κ3) is 2.70. The van der Waals surface area contributed by atoms with Gasteiger partial charge in [0.25, 0.3) is 10.0 Å². The van der Waals surface area contributed by atoms with E-state index in [1.165, 1.54) is 14.0 Å². The van der Waals surface area contributed by atoms with Gasteiger partial charge in [-0.05, 0) is 25.1 Å². The minimum absolute atomic E-state index is 0.329. The zero-order valence-electron chi connectivity index (χ0n) is 9.38. The van der Waals surface area contributed by atoms with Crippen molar-refractivity contribution >= 4 is 37.3 Å². The summed E-state index contributed by atoms with van der Waals surface area (Å²) in [6, 6.07) is 6.59. The van der Waals surface area contributed by atoms with Crippen LogP contribution >= 0.6 is 15.9 Å². The molecule has 0 heterocycles. The highest BCUT2D eigenvalue weighted by molar-refractivity contribution is 9.10. The summed E-state index contributed by atoms with van der Waals surface area (Å²) in [5.74, 6) is 0. The average molecular weight is 318 g/mol. The fraction of sp³-hybridized carbons (Fsp3) is 0.300. The minimum atomic E-state index is -3.70. The number of rotatable bonds is 3. The Labute approximate surface area is 109 Å². The number of hydrogen-bond donors (Lipinski definition) is 1. The van der Waals surface area contributed by atoms with Crippen molar-refractivity contribution in [1.29, 1.82) is 5.26 Å². The van der Waals surface area contributed by atoms with Gasteiger partial charge in [0.1, 0.15) is 0 Å². The van der Waals surface area contributed by atoms with E-state index >= 15 is 0 Å². The van der Waals surface area contributed by atoms with Crippen LogP contribution in [0, 0.1) is 11.3 Å². The molecule has 0 fully saturated rings. The van der Waals surface area contributed by atoms with Gasteiger partial charge in [0.2, 0.25) is 0 Å². The molecule has 0 aromatic heterocycles. The highest BCUT2D eigenvalue weighted by Crippen LogP contribution is 2.28. The maximum atomic E-state index is 11.9. The van der Waals surface area contributed by atoms with Crippen LogP contribution in [0.5, 0.6) is 0 Å². The monoisotopic (exact) mass is 317 g/mol. The van der Waals surface area contributed by atoms with Gasteiger partial charge in [0.15, 0.2) is 5.25 Å². The van der Waals surface area contributed by atoms with Crippen LogP contribution in [0.1, 0.15) is 6.92 Å². The molecule has 0 saturated heterocycles. The first-order valence-electron chi connectivity index (χ1n) is 4.73. The molecule has 1 unspecified atom stereocenters. The van der Waals surface area contributed by atoms with Crippen LogP contribution in [-0.4, -0.2) is 20.7 Å². The van der Waals surface area contributed by atoms with Crippen LogP contribution in [-0.2, 0) is 10.0 Å². The van der Waals surface area contributed by atoms with Crippen molar-refractivity contribution in [3.8, 4) is 6.07 Å². The van der Waals surface area contributed by atoms with Crippen LogP contribution in [0.4, 0.5) is 11.4 Å². The number of hydrogen-bond acceptors (Lipinski definition) is 4. The van der Waals surface area contributed by atoms with Crippen LogP contribution < -0.4 is 10.0 Å². The summed E-state index contributed by atoms with van der Waals surface area (Å²) in [4.78, 5) is 0. The van der Waals surface area contributed by atoms with Crippen LogP contribution in [0.25, 0.3) is 0 Å². The van der Waals surface area contributed by atoms with Gasteiger partial charge in [-0.25, -0.2) is 8.42 Å². The zero-order chi connectivity index (χ0) is 13.2. The van der Waals surface area contributed by atoms with E-state index in [1.54, 1.807) is 24.3 Å². The Hall–Kier alpha value is -1.26. The summed E-state index contributed by atoms with van der Waals surface area (Å²) >= 11 is 3.24. The van der Waals surface area contributed by atoms with Gasteiger partial charge in [0, 0.05) is 11.5 Å². The molecule has 0 bridgehead atoms. The second-order valence-corrected chi connectivity index (χ2v) is 6.69. The van der Waals surface area contributed by atoms with E-state index in [0.717, 1.165) is 8.78 Å². The van der Waals surface area contributed by atoms with E-state index in [9.17, 15) is 8.42 Å². The molecule has 1 aromatic carbocycles. The molecule has 17 heavy (non-hydrogen) atoms. The van der Waals surface area contributed by atoms with E-state index in [1.807, 2.05) is 0 Å². The molecule has 0 aliphatic carbocycles. The highest BCUT2D eigenvalue weighted by atomic mass is 79.9. The standard InChI is InChI=1S/C10H12BrN3O2S/c1-7(6-12)17(15,16)14(2)10-4-3-8(11)5-9(10)13/h3-5,7H,13H2,1-2H3. The number of sulfonamides is 1. The molecule has 1 atom stereocenters. The van der Waals surface area contributed by atoms with Gasteiger partial charge in [-0.3, -0.25) is 4.31 Å². The molecule has 1 rings (SSSR count). The van der Waals surface area contributed by atoms with E-state index < -0.39 is 15.3 Å². The van der Waals surface area contributed by atoms with Gasteiger partial charge in [-0.1, -0.05) is 15.9 Å². The Kier molecular flexibility index (Phi) is 4.01. The Bertz CT molecular complexity index is 565. The second-order valence-electron chi connectivity index (χ2n) is 3.49. The summed E-state index contributed by atoms with van der Waals surface area (Å²) in [6.07, 6.45) is 0. The molecule has 0 spiro atoms. The van der Waals surface area contributed by atoms with Crippen LogP contribution in [0.2, 0.25) is 0 Å². The lowest BCUT2D eigenvalue weighted by atomic mass is 10.3. The van der Waals surface area contributed by atoms with Crippen LogP contribution in [0.15, 0.2) is 22.7 Å². The average Bonchev–Trinajstić information content (AvgIpc) is 2.27. The summed E-state index contributed by atoms with van der Waals surface area (Å²) in [7, 11) is -2.32. The predicted octanol–water partition coefficient (Wildman–Crippen LogP) is 1.71. The van der Waals surface area contributed by atoms with Crippen molar-refractivity contribution in [2.24, 2.45) is 0 Å². The number of anilines is 2. The quantitative estimate of drug-likeness (QED) is 0.860. The van der Waals surface area contributed by atoms with Crippen molar-refractivity contribution in [2.75, 3.05) is 17.1 Å².